The summed E-state index contributed by atoms with van der Waals surface area (Å²) in [5.41, 5.74) is 2.80. The molecule has 1 aromatic heterocycles. The third-order valence-electron chi connectivity index (χ3n) is 3.72. The fourth-order valence-corrected chi connectivity index (χ4v) is 3.09. The van der Waals surface area contributed by atoms with E-state index in [0.717, 1.165) is 27.6 Å². The lowest BCUT2D eigenvalue weighted by atomic mass is 10.2. The summed E-state index contributed by atoms with van der Waals surface area (Å²) in [7, 11) is 0. The lowest BCUT2D eigenvalue weighted by molar-refractivity contribution is -0.116. The number of carbonyl (C=O) groups excluding carboxylic acids is 1. The van der Waals surface area contributed by atoms with Gasteiger partial charge in [-0.2, -0.15) is 0 Å². The van der Waals surface area contributed by atoms with Crippen LogP contribution in [0.15, 0.2) is 60.0 Å². The number of halogens is 1. The minimum atomic E-state index is -0.158. The van der Waals surface area contributed by atoms with Crippen molar-refractivity contribution >= 4 is 34.9 Å². The Kier molecular flexibility index (Phi) is 6.63. The van der Waals surface area contributed by atoms with Crippen LogP contribution in [0.3, 0.4) is 0 Å². The van der Waals surface area contributed by atoms with Gasteiger partial charge in [-0.1, -0.05) is 35.9 Å². The molecule has 0 spiro atoms. The van der Waals surface area contributed by atoms with E-state index >= 15 is 0 Å². The van der Waals surface area contributed by atoms with Crippen molar-refractivity contribution in [1.29, 1.82) is 0 Å². The second kappa shape index (κ2) is 9.35. The zero-order valence-corrected chi connectivity index (χ0v) is 16.4. The first-order valence-corrected chi connectivity index (χ1v) is 9.68. The number of nitrogens with zero attached hydrogens (tertiary/aromatic N) is 1. The van der Waals surface area contributed by atoms with Gasteiger partial charge in [0.05, 0.1) is 10.7 Å². The van der Waals surface area contributed by atoms with Gasteiger partial charge in [-0.3, -0.25) is 4.79 Å². The molecule has 0 fully saturated rings. The Labute approximate surface area is 167 Å². The molecule has 0 bridgehead atoms. The molecule has 0 aliphatic rings. The molecular weight excluding hydrogens is 380 g/mol. The summed E-state index contributed by atoms with van der Waals surface area (Å²) in [6.45, 7) is 2.85. The largest absolute Gasteiger partial charge is 0.487 e. The Morgan fingerprint density at radius 1 is 1.26 bits per heavy atom. The van der Waals surface area contributed by atoms with Gasteiger partial charge in [0.1, 0.15) is 12.4 Å². The first kappa shape index (κ1) is 19.1. The topological polar surface area (TPSA) is 51.2 Å². The summed E-state index contributed by atoms with van der Waals surface area (Å²) in [5.74, 6) is 0.582. The number of ether oxygens (including phenoxy) is 1. The Bertz CT molecular complexity index is 935. The van der Waals surface area contributed by atoms with Crippen molar-refractivity contribution in [2.24, 2.45) is 0 Å². The highest BCUT2D eigenvalue weighted by molar-refractivity contribution is 7.09. The second-order valence-electron chi connectivity index (χ2n) is 5.90. The van der Waals surface area contributed by atoms with Gasteiger partial charge in [-0.25, -0.2) is 4.98 Å². The van der Waals surface area contributed by atoms with E-state index in [1.165, 1.54) is 6.08 Å². The van der Waals surface area contributed by atoms with Crippen LogP contribution in [0.5, 0.6) is 5.75 Å². The van der Waals surface area contributed by atoms with E-state index in [1.54, 1.807) is 29.5 Å². The van der Waals surface area contributed by atoms with Crippen molar-refractivity contribution < 1.29 is 9.53 Å². The monoisotopic (exact) mass is 398 g/mol. The van der Waals surface area contributed by atoms with E-state index in [9.17, 15) is 4.79 Å². The summed E-state index contributed by atoms with van der Waals surface area (Å²) in [5, 5.41) is 6.54. The molecule has 0 saturated heterocycles. The van der Waals surface area contributed by atoms with Gasteiger partial charge in [0.25, 0.3) is 0 Å². The first-order valence-electron chi connectivity index (χ1n) is 8.43. The molecule has 4 nitrogen and oxygen atoms in total. The molecule has 0 aliphatic carbocycles. The third-order valence-corrected chi connectivity index (χ3v) is 4.79. The summed E-state index contributed by atoms with van der Waals surface area (Å²) >= 11 is 7.46. The molecule has 3 rings (SSSR count). The number of aryl methyl sites for hydroxylation is 1. The summed E-state index contributed by atoms with van der Waals surface area (Å²) in [6, 6.07) is 15.0. The minimum Gasteiger partial charge on any atom is -0.487 e. The number of benzene rings is 2. The molecule has 1 N–H and O–H groups in total. The Morgan fingerprint density at radius 3 is 2.81 bits per heavy atom. The van der Waals surface area contributed by atoms with Gasteiger partial charge in [0, 0.05) is 23.0 Å². The number of amides is 1. The highest BCUT2D eigenvalue weighted by Crippen LogP contribution is 2.17. The van der Waals surface area contributed by atoms with E-state index in [2.05, 4.69) is 10.3 Å². The van der Waals surface area contributed by atoms with Crippen molar-refractivity contribution in [2.75, 3.05) is 0 Å². The van der Waals surface area contributed by atoms with E-state index in [1.807, 2.05) is 48.7 Å². The van der Waals surface area contributed by atoms with Crippen LogP contribution in [-0.2, 0) is 17.9 Å². The van der Waals surface area contributed by atoms with Gasteiger partial charge < -0.3 is 10.1 Å². The molecule has 0 atom stereocenters. The predicted molar refractivity (Wildman–Crippen MR) is 110 cm³/mol. The molecule has 1 amide bonds. The lowest BCUT2D eigenvalue weighted by Crippen LogP contribution is -2.20. The van der Waals surface area contributed by atoms with Gasteiger partial charge in [-0.05, 0) is 48.4 Å². The molecule has 0 saturated carbocycles. The molecule has 1 heterocycles. The van der Waals surface area contributed by atoms with Gasteiger partial charge >= 0.3 is 0 Å². The van der Waals surface area contributed by atoms with Crippen LogP contribution in [0.1, 0.15) is 21.8 Å². The molecule has 27 heavy (non-hydrogen) atoms. The minimum absolute atomic E-state index is 0.158. The zero-order chi connectivity index (χ0) is 19.1. The molecule has 3 aromatic rings. The summed E-state index contributed by atoms with van der Waals surface area (Å²) in [4.78, 5) is 16.4. The number of rotatable bonds is 7. The van der Waals surface area contributed by atoms with Crippen LogP contribution in [-0.4, -0.2) is 10.9 Å². The molecule has 2 aromatic carbocycles. The van der Waals surface area contributed by atoms with E-state index in [0.29, 0.717) is 18.2 Å². The highest BCUT2D eigenvalue weighted by atomic mass is 35.5. The molecule has 0 aliphatic heterocycles. The van der Waals surface area contributed by atoms with Crippen LogP contribution in [0.2, 0.25) is 5.02 Å². The van der Waals surface area contributed by atoms with Crippen LogP contribution in [0.25, 0.3) is 6.08 Å². The fraction of sp³-hybridized carbons (Fsp3) is 0.143. The normalized spacial score (nSPS) is 10.9. The molecule has 6 heteroatoms. The predicted octanol–water partition coefficient (Wildman–Crippen LogP) is 5.01. The molecule has 138 valence electrons. The average Bonchev–Trinajstić information content (AvgIpc) is 3.10. The Balaban J connectivity index is 1.51. The zero-order valence-electron chi connectivity index (χ0n) is 14.8. The summed E-state index contributed by atoms with van der Waals surface area (Å²) in [6.07, 6.45) is 3.27. The standard InChI is InChI=1S/C21H19ClN2O2S/c1-15-24-19(14-27-15)13-26-20-4-2-3-16(11-20)7-10-21(25)23-12-17-5-8-18(22)9-6-17/h2-11,14H,12-13H2,1H3,(H,23,25)/b10-7+. The molecule has 0 unspecified atom stereocenters. The van der Waals surface area contributed by atoms with Crippen molar-refractivity contribution in [1.82, 2.24) is 10.3 Å². The highest BCUT2D eigenvalue weighted by Gasteiger charge is 2.01. The number of aromatic nitrogens is 1. The van der Waals surface area contributed by atoms with Gasteiger partial charge in [0.15, 0.2) is 0 Å². The SMILES string of the molecule is Cc1nc(COc2cccc(/C=C/C(=O)NCc3ccc(Cl)cc3)c2)cs1. The van der Waals surface area contributed by atoms with Crippen molar-refractivity contribution in [3.05, 3.63) is 86.8 Å². The lowest BCUT2D eigenvalue weighted by Gasteiger charge is -2.05. The Hall–Kier alpha value is -2.63. The van der Waals surface area contributed by atoms with Crippen LogP contribution < -0.4 is 10.1 Å². The molecular formula is C21H19ClN2O2S. The third kappa shape index (κ3) is 6.24. The van der Waals surface area contributed by atoms with Crippen LogP contribution in [0, 0.1) is 6.92 Å². The number of thiazole rings is 1. The van der Waals surface area contributed by atoms with Crippen molar-refractivity contribution in [2.45, 2.75) is 20.1 Å². The number of hydrogen-bond acceptors (Lipinski definition) is 4. The van der Waals surface area contributed by atoms with Crippen LogP contribution >= 0.6 is 22.9 Å². The number of hydrogen-bond donors (Lipinski definition) is 1. The quantitative estimate of drug-likeness (QED) is 0.569. The maximum atomic E-state index is 12.0. The van der Waals surface area contributed by atoms with E-state index in [-0.39, 0.29) is 5.91 Å². The van der Waals surface area contributed by atoms with Gasteiger partial charge in [0.2, 0.25) is 5.91 Å². The maximum absolute atomic E-state index is 12.0. The maximum Gasteiger partial charge on any atom is 0.244 e. The first-order chi connectivity index (χ1) is 13.1. The van der Waals surface area contributed by atoms with Crippen molar-refractivity contribution in [3.8, 4) is 5.75 Å². The van der Waals surface area contributed by atoms with E-state index in [4.69, 9.17) is 16.3 Å². The number of carbonyl (C=O) groups is 1. The van der Waals surface area contributed by atoms with Gasteiger partial charge in [-0.15, -0.1) is 11.3 Å². The fourth-order valence-electron chi connectivity index (χ4n) is 2.36. The molecule has 0 radical (unpaired) electrons. The number of nitrogens with one attached hydrogen (secondary N) is 1. The van der Waals surface area contributed by atoms with E-state index < -0.39 is 0 Å². The van der Waals surface area contributed by atoms with Crippen molar-refractivity contribution in [3.63, 3.8) is 0 Å². The Morgan fingerprint density at radius 2 is 2.07 bits per heavy atom. The summed E-state index contributed by atoms with van der Waals surface area (Å²) < 4.78 is 5.77. The smallest absolute Gasteiger partial charge is 0.244 e. The second-order valence-corrected chi connectivity index (χ2v) is 7.40. The van der Waals surface area contributed by atoms with Crippen LogP contribution in [0.4, 0.5) is 0 Å². The average molecular weight is 399 g/mol.